The van der Waals surface area contributed by atoms with E-state index in [0.29, 0.717) is 17.3 Å². The van der Waals surface area contributed by atoms with Crippen molar-refractivity contribution < 1.29 is 0 Å². The third-order valence-electron chi connectivity index (χ3n) is 3.17. The predicted molar refractivity (Wildman–Crippen MR) is 67.8 cm³/mol. The molecule has 3 heterocycles. The molecular formula is C12H13ClN4O. The molecule has 0 N–H and O–H groups in total. The molecular weight excluding hydrogens is 252 g/mol. The summed E-state index contributed by atoms with van der Waals surface area (Å²) < 4.78 is 3.20. The number of hydrogen-bond acceptors (Lipinski definition) is 3. The topological polar surface area (TPSA) is 52.7 Å². The van der Waals surface area contributed by atoms with Crippen LogP contribution in [0.3, 0.4) is 0 Å². The van der Waals surface area contributed by atoms with Crippen LogP contribution in [0.2, 0.25) is 5.02 Å². The molecule has 0 bridgehead atoms. The summed E-state index contributed by atoms with van der Waals surface area (Å²) in [6.07, 6.45) is 4.68. The van der Waals surface area contributed by atoms with Gasteiger partial charge in [0, 0.05) is 19.2 Å². The summed E-state index contributed by atoms with van der Waals surface area (Å²) in [5, 5.41) is 4.92. The van der Waals surface area contributed by atoms with Gasteiger partial charge in [-0.2, -0.15) is 5.10 Å². The van der Waals surface area contributed by atoms with Crippen LogP contribution in [-0.2, 0) is 19.5 Å². The Kier molecular flexibility index (Phi) is 2.91. The number of rotatable bonds is 2. The molecule has 3 rings (SSSR count). The fourth-order valence-electron chi connectivity index (χ4n) is 2.23. The van der Waals surface area contributed by atoms with Crippen molar-refractivity contribution in [3.63, 3.8) is 0 Å². The van der Waals surface area contributed by atoms with Crippen molar-refractivity contribution in [3.05, 3.63) is 45.4 Å². The third kappa shape index (κ3) is 1.95. The maximum absolute atomic E-state index is 12.1. The first kappa shape index (κ1) is 11.5. The maximum atomic E-state index is 12.1. The Balaban J connectivity index is 1.97. The first-order chi connectivity index (χ1) is 8.75. The number of hydrogen-bond donors (Lipinski definition) is 0. The molecule has 0 amide bonds. The second kappa shape index (κ2) is 4.57. The van der Waals surface area contributed by atoms with Gasteiger partial charge >= 0.3 is 5.69 Å². The Morgan fingerprint density at radius 1 is 1.39 bits per heavy atom. The molecule has 5 nitrogen and oxygen atoms in total. The summed E-state index contributed by atoms with van der Waals surface area (Å²) in [4.78, 5) is 16.3. The number of fused-ring (bicyclic) bond motifs is 1. The normalized spacial score (nSPS) is 14.5. The minimum absolute atomic E-state index is 0.0635. The molecule has 1 aliphatic heterocycles. The smallest absolute Gasteiger partial charge is 0.279 e. The summed E-state index contributed by atoms with van der Waals surface area (Å²) in [5.41, 5.74) is 0.614. The van der Waals surface area contributed by atoms with Gasteiger partial charge in [-0.05, 0) is 25.0 Å². The van der Waals surface area contributed by atoms with Gasteiger partial charge in [0.15, 0.2) is 0 Å². The first-order valence-electron chi connectivity index (χ1n) is 6.01. The first-order valence-corrected chi connectivity index (χ1v) is 6.39. The molecule has 0 aromatic carbocycles. The molecule has 2 aromatic rings. The quantitative estimate of drug-likeness (QED) is 0.826. The highest BCUT2D eigenvalue weighted by molar-refractivity contribution is 6.31. The van der Waals surface area contributed by atoms with Crippen LogP contribution in [0, 0.1) is 0 Å². The summed E-state index contributed by atoms with van der Waals surface area (Å²) in [5.74, 6) is 0.873. The van der Waals surface area contributed by atoms with Crippen LogP contribution in [0.25, 0.3) is 0 Å². The van der Waals surface area contributed by atoms with E-state index in [1.54, 1.807) is 22.9 Å². The average Bonchev–Trinajstić information content (AvgIpc) is 2.70. The highest BCUT2D eigenvalue weighted by atomic mass is 35.5. The highest BCUT2D eigenvalue weighted by Crippen LogP contribution is 2.14. The standard InChI is InChI=1S/C12H13ClN4O/c13-9-4-3-6-14-10(9)8-17-12(18)16-7-2-1-5-11(16)15-17/h3-4,6H,1-2,5,7-8H2. The van der Waals surface area contributed by atoms with Gasteiger partial charge in [-0.25, -0.2) is 9.48 Å². The summed E-state index contributed by atoms with van der Waals surface area (Å²) in [6.45, 7) is 1.10. The molecule has 0 spiro atoms. The van der Waals surface area contributed by atoms with E-state index < -0.39 is 0 Å². The van der Waals surface area contributed by atoms with E-state index in [1.807, 2.05) is 0 Å². The molecule has 0 radical (unpaired) electrons. The molecule has 0 unspecified atom stereocenters. The molecule has 0 saturated heterocycles. The Bertz CT molecular complexity index is 631. The fourth-order valence-corrected chi connectivity index (χ4v) is 2.41. The molecule has 1 aliphatic rings. The van der Waals surface area contributed by atoms with Crippen molar-refractivity contribution in [3.8, 4) is 0 Å². The molecule has 0 atom stereocenters. The fraction of sp³-hybridized carbons (Fsp3) is 0.417. The van der Waals surface area contributed by atoms with Gasteiger partial charge in [0.25, 0.3) is 0 Å². The van der Waals surface area contributed by atoms with Crippen LogP contribution in [0.4, 0.5) is 0 Å². The van der Waals surface area contributed by atoms with E-state index in [-0.39, 0.29) is 5.69 Å². The van der Waals surface area contributed by atoms with Crippen molar-refractivity contribution in [2.45, 2.75) is 32.4 Å². The zero-order valence-corrected chi connectivity index (χ0v) is 10.6. The van der Waals surface area contributed by atoms with Crippen LogP contribution in [0.1, 0.15) is 24.4 Å². The molecule has 0 fully saturated rings. The van der Waals surface area contributed by atoms with E-state index in [1.165, 1.54) is 4.68 Å². The van der Waals surface area contributed by atoms with Gasteiger partial charge in [0.2, 0.25) is 0 Å². The number of aryl methyl sites for hydroxylation is 1. The number of halogens is 1. The van der Waals surface area contributed by atoms with Crippen molar-refractivity contribution in [2.75, 3.05) is 0 Å². The van der Waals surface area contributed by atoms with Gasteiger partial charge in [-0.1, -0.05) is 11.6 Å². The van der Waals surface area contributed by atoms with E-state index in [9.17, 15) is 4.79 Å². The lowest BCUT2D eigenvalue weighted by molar-refractivity contribution is 0.511. The molecule has 2 aromatic heterocycles. The predicted octanol–water partition coefficient (Wildman–Crippen LogP) is 1.48. The van der Waals surface area contributed by atoms with E-state index in [2.05, 4.69) is 10.1 Å². The number of nitrogens with zero attached hydrogens (tertiary/aromatic N) is 4. The van der Waals surface area contributed by atoms with E-state index in [0.717, 1.165) is 31.6 Å². The van der Waals surface area contributed by atoms with Crippen molar-refractivity contribution >= 4 is 11.6 Å². The monoisotopic (exact) mass is 264 g/mol. The van der Waals surface area contributed by atoms with Crippen LogP contribution < -0.4 is 5.69 Å². The van der Waals surface area contributed by atoms with Crippen LogP contribution in [-0.4, -0.2) is 19.3 Å². The average molecular weight is 265 g/mol. The SMILES string of the molecule is O=c1n(Cc2ncccc2Cl)nc2n1CCCC2. The summed E-state index contributed by atoms with van der Waals surface area (Å²) in [6, 6.07) is 3.54. The van der Waals surface area contributed by atoms with Gasteiger partial charge in [-0.15, -0.1) is 0 Å². The third-order valence-corrected chi connectivity index (χ3v) is 3.51. The van der Waals surface area contributed by atoms with Crippen molar-refractivity contribution in [2.24, 2.45) is 0 Å². The number of aromatic nitrogens is 4. The largest absolute Gasteiger partial charge is 0.346 e. The Labute approximate surface area is 109 Å². The lowest BCUT2D eigenvalue weighted by atomic mass is 10.2. The van der Waals surface area contributed by atoms with Crippen LogP contribution >= 0.6 is 11.6 Å². The van der Waals surface area contributed by atoms with E-state index in [4.69, 9.17) is 11.6 Å². The van der Waals surface area contributed by atoms with Crippen molar-refractivity contribution in [1.29, 1.82) is 0 Å². The minimum Gasteiger partial charge on any atom is -0.279 e. The Morgan fingerprint density at radius 3 is 3.06 bits per heavy atom. The molecule has 0 aliphatic carbocycles. The summed E-state index contributed by atoms with van der Waals surface area (Å²) >= 11 is 6.04. The lowest BCUT2D eigenvalue weighted by Gasteiger charge is -2.09. The Hall–Kier alpha value is -1.62. The van der Waals surface area contributed by atoms with Gasteiger partial charge in [0.1, 0.15) is 5.82 Å². The van der Waals surface area contributed by atoms with Crippen LogP contribution in [0.15, 0.2) is 23.1 Å². The second-order valence-corrected chi connectivity index (χ2v) is 4.80. The molecule has 94 valence electrons. The zero-order valence-electron chi connectivity index (χ0n) is 9.84. The minimum atomic E-state index is -0.0635. The Morgan fingerprint density at radius 2 is 2.28 bits per heavy atom. The highest BCUT2D eigenvalue weighted by Gasteiger charge is 2.17. The van der Waals surface area contributed by atoms with Gasteiger partial charge in [-0.3, -0.25) is 9.55 Å². The second-order valence-electron chi connectivity index (χ2n) is 4.40. The molecule has 18 heavy (non-hydrogen) atoms. The van der Waals surface area contributed by atoms with Crippen LogP contribution in [0.5, 0.6) is 0 Å². The lowest BCUT2D eigenvalue weighted by Crippen LogP contribution is -2.27. The zero-order chi connectivity index (χ0) is 12.5. The molecule has 0 saturated carbocycles. The number of pyridine rings is 1. The maximum Gasteiger partial charge on any atom is 0.346 e. The van der Waals surface area contributed by atoms with Gasteiger partial charge in [0.05, 0.1) is 17.3 Å². The van der Waals surface area contributed by atoms with E-state index >= 15 is 0 Å². The van der Waals surface area contributed by atoms with Crippen molar-refractivity contribution in [1.82, 2.24) is 19.3 Å². The summed E-state index contributed by atoms with van der Waals surface area (Å²) in [7, 11) is 0. The van der Waals surface area contributed by atoms with Gasteiger partial charge < -0.3 is 0 Å². The molecule has 6 heteroatoms.